The van der Waals surface area contributed by atoms with Gasteiger partial charge in [-0.25, -0.2) is 0 Å². The van der Waals surface area contributed by atoms with Crippen LogP contribution in [0.15, 0.2) is 53.1 Å². The summed E-state index contributed by atoms with van der Waals surface area (Å²) < 4.78 is 10.4. The molecule has 25 heavy (non-hydrogen) atoms. The molecule has 2 aromatic carbocycles. The quantitative estimate of drug-likeness (QED) is 0.691. The van der Waals surface area contributed by atoms with Crippen LogP contribution < -0.4 is 10.1 Å². The number of amides is 1. The van der Waals surface area contributed by atoms with Gasteiger partial charge >= 0.3 is 0 Å². The molecular formula is C18H14Cl2N2O3. The van der Waals surface area contributed by atoms with E-state index in [4.69, 9.17) is 32.5 Å². The van der Waals surface area contributed by atoms with Gasteiger partial charge in [0.05, 0.1) is 29.3 Å². The summed E-state index contributed by atoms with van der Waals surface area (Å²) in [7, 11) is 1.61. The number of carbonyl (C=O) groups is 1. The summed E-state index contributed by atoms with van der Waals surface area (Å²) in [5, 5.41) is 7.48. The maximum absolute atomic E-state index is 12.1. The van der Waals surface area contributed by atoms with Crippen molar-refractivity contribution >= 4 is 34.8 Å². The molecule has 0 bridgehead atoms. The molecule has 7 heteroatoms. The van der Waals surface area contributed by atoms with Gasteiger partial charge in [0.1, 0.15) is 5.75 Å². The fourth-order valence-corrected chi connectivity index (χ4v) is 2.53. The number of ether oxygens (including phenoxy) is 1. The highest BCUT2D eigenvalue weighted by Gasteiger charge is 2.11. The topological polar surface area (TPSA) is 64.4 Å². The minimum Gasteiger partial charge on any atom is -0.497 e. The van der Waals surface area contributed by atoms with Crippen LogP contribution in [-0.4, -0.2) is 18.2 Å². The first-order valence-corrected chi connectivity index (χ1v) is 8.15. The summed E-state index contributed by atoms with van der Waals surface area (Å²) in [5.41, 5.74) is 1.95. The van der Waals surface area contributed by atoms with Crippen LogP contribution in [0.4, 0.5) is 5.69 Å². The van der Waals surface area contributed by atoms with E-state index in [2.05, 4.69) is 10.5 Å². The number of carbonyl (C=O) groups excluding carboxylic acids is 1. The van der Waals surface area contributed by atoms with Crippen molar-refractivity contribution in [1.82, 2.24) is 5.16 Å². The summed E-state index contributed by atoms with van der Waals surface area (Å²) >= 11 is 11.8. The molecule has 0 saturated carbocycles. The van der Waals surface area contributed by atoms with Crippen molar-refractivity contribution in [2.24, 2.45) is 0 Å². The average Bonchev–Trinajstić information content (AvgIpc) is 3.06. The third-order valence-corrected chi connectivity index (χ3v) is 4.22. The Hall–Kier alpha value is -2.50. The number of hydrogen-bond donors (Lipinski definition) is 1. The van der Waals surface area contributed by atoms with E-state index in [0.29, 0.717) is 27.2 Å². The Morgan fingerprint density at radius 2 is 1.88 bits per heavy atom. The highest BCUT2D eigenvalue weighted by molar-refractivity contribution is 6.42. The van der Waals surface area contributed by atoms with Gasteiger partial charge in [-0.2, -0.15) is 0 Å². The van der Waals surface area contributed by atoms with Gasteiger partial charge in [0.15, 0.2) is 5.76 Å². The molecule has 128 valence electrons. The lowest BCUT2D eigenvalue weighted by molar-refractivity contribution is -0.115. The number of nitrogens with zero attached hydrogens (tertiary/aromatic N) is 1. The Bertz CT molecular complexity index is 892. The molecular weight excluding hydrogens is 363 g/mol. The summed E-state index contributed by atoms with van der Waals surface area (Å²) in [6.45, 7) is 0. The lowest BCUT2D eigenvalue weighted by Crippen LogP contribution is -2.14. The molecule has 3 aromatic rings. The Morgan fingerprint density at radius 3 is 2.56 bits per heavy atom. The van der Waals surface area contributed by atoms with Gasteiger partial charge in [-0.05, 0) is 42.5 Å². The molecule has 1 aromatic heterocycles. The number of hydrogen-bond acceptors (Lipinski definition) is 4. The first-order valence-electron chi connectivity index (χ1n) is 7.40. The molecule has 1 amide bonds. The summed E-state index contributed by atoms with van der Waals surface area (Å²) in [6, 6.07) is 14.0. The van der Waals surface area contributed by atoms with Crippen molar-refractivity contribution in [2.45, 2.75) is 6.42 Å². The van der Waals surface area contributed by atoms with Gasteiger partial charge in [-0.15, -0.1) is 0 Å². The van der Waals surface area contributed by atoms with E-state index in [-0.39, 0.29) is 12.3 Å². The van der Waals surface area contributed by atoms with E-state index < -0.39 is 0 Å². The molecule has 3 rings (SSSR count). The van der Waals surface area contributed by atoms with E-state index in [0.717, 1.165) is 11.3 Å². The molecule has 5 nitrogen and oxygen atoms in total. The number of aromatic nitrogens is 1. The van der Waals surface area contributed by atoms with Crippen LogP contribution in [0.25, 0.3) is 11.3 Å². The number of halogens is 2. The highest BCUT2D eigenvalue weighted by Crippen LogP contribution is 2.26. The number of nitrogens with one attached hydrogen (secondary N) is 1. The van der Waals surface area contributed by atoms with Gasteiger partial charge in [0, 0.05) is 17.3 Å². The fraction of sp³-hybridized carbons (Fsp3) is 0.111. The monoisotopic (exact) mass is 376 g/mol. The van der Waals surface area contributed by atoms with Crippen molar-refractivity contribution in [2.75, 3.05) is 12.4 Å². The van der Waals surface area contributed by atoms with Gasteiger partial charge < -0.3 is 14.6 Å². The van der Waals surface area contributed by atoms with Crippen molar-refractivity contribution in [3.8, 4) is 17.1 Å². The average molecular weight is 377 g/mol. The molecule has 0 aliphatic rings. The van der Waals surface area contributed by atoms with E-state index in [1.54, 1.807) is 31.4 Å². The van der Waals surface area contributed by atoms with E-state index in [1.807, 2.05) is 24.3 Å². The Morgan fingerprint density at radius 1 is 1.12 bits per heavy atom. The van der Waals surface area contributed by atoms with Crippen LogP contribution in [0.1, 0.15) is 5.69 Å². The Balaban J connectivity index is 1.65. The van der Waals surface area contributed by atoms with E-state index >= 15 is 0 Å². The second-order valence-corrected chi connectivity index (χ2v) is 6.08. The Kier molecular flexibility index (Phi) is 5.26. The molecule has 1 heterocycles. The van der Waals surface area contributed by atoms with Crippen molar-refractivity contribution in [1.29, 1.82) is 0 Å². The normalized spacial score (nSPS) is 10.5. The molecule has 0 saturated heterocycles. The first-order chi connectivity index (χ1) is 12.0. The Labute approximate surface area is 154 Å². The second-order valence-electron chi connectivity index (χ2n) is 5.26. The summed E-state index contributed by atoms with van der Waals surface area (Å²) in [6.07, 6.45) is 0.0832. The van der Waals surface area contributed by atoms with Crippen molar-refractivity contribution in [3.05, 3.63) is 64.3 Å². The zero-order chi connectivity index (χ0) is 17.8. The minimum absolute atomic E-state index is 0.0832. The molecule has 0 radical (unpaired) electrons. The molecule has 0 unspecified atom stereocenters. The number of rotatable bonds is 5. The molecule has 0 atom stereocenters. The van der Waals surface area contributed by atoms with E-state index in [9.17, 15) is 4.79 Å². The molecule has 0 aliphatic carbocycles. The zero-order valence-electron chi connectivity index (χ0n) is 13.3. The maximum atomic E-state index is 12.1. The minimum atomic E-state index is -0.229. The number of methoxy groups -OCH3 is 1. The summed E-state index contributed by atoms with van der Waals surface area (Å²) in [5.74, 6) is 1.11. The lowest BCUT2D eigenvalue weighted by atomic mass is 10.1. The smallest absolute Gasteiger partial charge is 0.230 e. The predicted octanol–water partition coefficient (Wildman–Crippen LogP) is 4.84. The number of benzene rings is 2. The fourth-order valence-electron chi connectivity index (χ4n) is 2.23. The van der Waals surface area contributed by atoms with Gasteiger partial charge in [0.25, 0.3) is 0 Å². The molecule has 0 fully saturated rings. The molecule has 0 aliphatic heterocycles. The van der Waals surface area contributed by atoms with Crippen molar-refractivity contribution < 1.29 is 14.1 Å². The zero-order valence-corrected chi connectivity index (χ0v) is 14.8. The third-order valence-electron chi connectivity index (χ3n) is 3.48. The standard InChI is InChI=1S/C18H14Cl2N2O3/c1-24-14-5-2-11(3-6-14)17-9-13(22-25-17)10-18(23)21-12-4-7-15(19)16(20)8-12/h2-9H,10H2,1H3,(H,21,23). The van der Waals surface area contributed by atoms with E-state index in [1.165, 1.54) is 0 Å². The molecule has 1 N–H and O–H groups in total. The van der Waals surface area contributed by atoms with Gasteiger partial charge in [0.2, 0.25) is 5.91 Å². The molecule has 0 spiro atoms. The van der Waals surface area contributed by atoms with Crippen LogP contribution in [0.3, 0.4) is 0 Å². The van der Waals surface area contributed by atoms with Crippen LogP contribution in [0.5, 0.6) is 5.75 Å². The lowest BCUT2D eigenvalue weighted by Gasteiger charge is -2.05. The SMILES string of the molecule is COc1ccc(-c2cc(CC(=O)Nc3ccc(Cl)c(Cl)c3)no2)cc1. The summed E-state index contributed by atoms with van der Waals surface area (Å²) in [4.78, 5) is 12.1. The van der Waals surface area contributed by atoms with Gasteiger partial charge in [-0.3, -0.25) is 4.79 Å². The predicted molar refractivity (Wildman–Crippen MR) is 97.3 cm³/mol. The second kappa shape index (κ2) is 7.59. The first kappa shape index (κ1) is 17.3. The third kappa shape index (κ3) is 4.32. The number of anilines is 1. The van der Waals surface area contributed by atoms with Crippen LogP contribution in [-0.2, 0) is 11.2 Å². The maximum Gasteiger partial charge on any atom is 0.230 e. The van der Waals surface area contributed by atoms with Crippen molar-refractivity contribution in [3.63, 3.8) is 0 Å². The van der Waals surface area contributed by atoms with Gasteiger partial charge in [-0.1, -0.05) is 28.4 Å². The van der Waals surface area contributed by atoms with Crippen LogP contribution >= 0.6 is 23.2 Å². The van der Waals surface area contributed by atoms with Crippen LogP contribution in [0, 0.1) is 0 Å². The largest absolute Gasteiger partial charge is 0.497 e. The highest BCUT2D eigenvalue weighted by atomic mass is 35.5. The van der Waals surface area contributed by atoms with Crippen LogP contribution in [0.2, 0.25) is 10.0 Å².